The third-order valence-corrected chi connectivity index (χ3v) is 9.19. The quantitative estimate of drug-likeness (QED) is 0.197. The first kappa shape index (κ1) is 31.8. The van der Waals surface area contributed by atoms with Crippen molar-refractivity contribution < 1.29 is 18.0 Å². The van der Waals surface area contributed by atoms with Crippen LogP contribution in [0.3, 0.4) is 0 Å². The van der Waals surface area contributed by atoms with Crippen LogP contribution < -0.4 is 9.62 Å². The lowest BCUT2D eigenvalue weighted by Crippen LogP contribution is -2.54. The Kier molecular flexibility index (Phi) is 11.0. The number of carbonyl (C=O) groups is 2. The molecule has 0 bridgehead atoms. The minimum absolute atomic E-state index is 0.0544. The summed E-state index contributed by atoms with van der Waals surface area (Å²) in [7, 11) is -4.13. The lowest BCUT2D eigenvalue weighted by molar-refractivity contribution is -0.140. The van der Waals surface area contributed by atoms with Crippen molar-refractivity contribution >= 4 is 39.1 Å². The number of anilines is 1. The Morgan fingerprint density at radius 1 is 0.814 bits per heavy atom. The molecule has 1 N–H and O–H groups in total. The van der Waals surface area contributed by atoms with Crippen LogP contribution in [0, 0.1) is 0 Å². The van der Waals surface area contributed by atoms with Gasteiger partial charge in [-0.15, -0.1) is 0 Å². The Labute approximate surface area is 259 Å². The largest absolute Gasteiger partial charge is 0.352 e. The smallest absolute Gasteiger partial charge is 0.264 e. The molecule has 4 aromatic rings. The summed E-state index contributed by atoms with van der Waals surface area (Å²) in [5, 5.41) is 3.52. The molecule has 43 heavy (non-hydrogen) atoms. The molecule has 7 nitrogen and oxygen atoms in total. The molecule has 4 aromatic carbocycles. The predicted octanol–water partition coefficient (Wildman–Crippen LogP) is 6.09. The van der Waals surface area contributed by atoms with Gasteiger partial charge in [-0.1, -0.05) is 97.4 Å². The molecule has 224 valence electrons. The van der Waals surface area contributed by atoms with Gasteiger partial charge in [0.05, 0.1) is 10.6 Å². The second-order valence-corrected chi connectivity index (χ2v) is 12.6. The first-order chi connectivity index (χ1) is 20.7. The van der Waals surface area contributed by atoms with Crippen LogP contribution in [0.25, 0.3) is 0 Å². The number of carbonyl (C=O) groups excluding carboxylic acids is 2. The Bertz CT molecular complexity index is 1600. The van der Waals surface area contributed by atoms with Crippen molar-refractivity contribution in [2.45, 2.75) is 50.2 Å². The Morgan fingerprint density at radius 3 is 2.00 bits per heavy atom. The summed E-state index contributed by atoms with van der Waals surface area (Å²) in [6.07, 6.45) is 0.954. The third-order valence-electron chi connectivity index (χ3n) is 7.17. The molecular weight excluding hydrogens is 582 g/mol. The lowest BCUT2D eigenvalue weighted by Gasteiger charge is -2.34. The molecule has 0 aromatic heterocycles. The number of benzene rings is 4. The number of hydrogen-bond acceptors (Lipinski definition) is 4. The molecule has 0 fully saturated rings. The SMILES string of the molecule is CC[C@@H](C)NC(=O)[C@@H](Cc1ccccc1)N(Cc1cccc(Cl)c1)C(=O)CN(c1ccccc1)S(=O)(=O)c1ccccc1. The summed E-state index contributed by atoms with van der Waals surface area (Å²) in [5.74, 6) is -0.839. The molecule has 0 heterocycles. The second kappa shape index (κ2) is 14.8. The minimum Gasteiger partial charge on any atom is -0.352 e. The molecule has 2 atom stereocenters. The molecule has 0 unspecified atom stereocenters. The van der Waals surface area contributed by atoms with Gasteiger partial charge in [-0.05, 0) is 60.9 Å². The van der Waals surface area contributed by atoms with Gasteiger partial charge in [0.15, 0.2) is 0 Å². The highest BCUT2D eigenvalue weighted by atomic mass is 35.5. The van der Waals surface area contributed by atoms with Crippen LogP contribution >= 0.6 is 11.6 Å². The summed E-state index contributed by atoms with van der Waals surface area (Å²) >= 11 is 6.29. The van der Waals surface area contributed by atoms with Crippen LogP contribution in [-0.2, 0) is 32.6 Å². The average molecular weight is 618 g/mol. The number of nitrogens with one attached hydrogen (secondary N) is 1. The van der Waals surface area contributed by atoms with Gasteiger partial charge in [0.2, 0.25) is 11.8 Å². The molecule has 9 heteroatoms. The van der Waals surface area contributed by atoms with Gasteiger partial charge in [0, 0.05) is 24.0 Å². The number of amides is 2. The van der Waals surface area contributed by atoms with Gasteiger partial charge in [-0.25, -0.2) is 8.42 Å². The van der Waals surface area contributed by atoms with E-state index in [0.29, 0.717) is 22.7 Å². The van der Waals surface area contributed by atoms with Crippen molar-refractivity contribution in [1.82, 2.24) is 10.2 Å². The highest BCUT2D eigenvalue weighted by molar-refractivity contribution is 7.92. The lowest BCUT2D eigenvalue weighted by atomic mass is 10.0. The summed E-state index contributed by atoms with van der Waals surface area (Å²) in [4.78, 5) is 29.7. The van der Waals surface area contributed by atoms with E-state index in [9.17, 15) is 18.0 Å². The van der Waals surface area contributed by atoms with E-state index in [-0.39, 0.29) is 29.8 Å². The Hall–Kier alpha value is -4.14. The number of para-hydroxylation sites is 1. The molecule has 0 saturated heterocycles. The van der Waals surface area contributed by atoms with Gasteiger partial charge in [-0.2, -0.15) is 0 Å². The maximum Gasteiger partial charge on any atom is 0.264 e. The van der Waals surface area contributed by atoms with Crippen LogP contribution in [-0.4, -0.2) is 43.8 Å². The van der Waals surface area contributed by atoms with Crippen LogP contribution in [0.2, 0.25) is 5.02 Å². The number of halogens is 1. The van der Waals surface area contributed by atoms with Gasteiger partial charge in [0.1, 0.15) is 12.6 Å². The van der Waals surface area contributed by atoms with E-state index in [0.717, 1.165) is 9.87 Å². The fourth-order valence-electron chi connectivity index (χ4n) is 4.67. The average Bonchev–Trinajstić information content (AvgIpc) is 3.02. The normalized spacial score (nSPS) is 12.6. The standard InChI is InChI=1S/C34H36ClN3O4S/c1-3-26(2)36-34(40)32(23-27-14-7-4-8-15-27)37(24-28-16-13-17-29(35)22-28)33(39)25-38(30-18-9-5-10-19-30)43(41,42)31-20-11-6-12-21-31/h4-22,26,32H,3,23-25H2,1-2H3,(H,36,40)/t26-,32-/m1/s1. The summed E-state index contributed by atoms with van der Waals surface area (Å²) < 4.78 is 29.0. The topological polar surface area (TPSA) is 86.8 Å². The van der Waals surface area contributed by atoms with E-state index in [1.807, 2.05) is 50.2 Å². The van der Waals surface area contributed by atoms with Crippen LogP contribution in [0.4, 0.5) is 5.69 Å². The van der Waals surface area contributed by atoms with Crippen molar-refractivity contribution in [3.8, 4) is 0 Å². The number of rotatable bonds is 13. The van der Waals surface area contributed by atoms with Gasteiger partial charge < -0.3 is 10.2 Å². The van der Waals surface area contributed by atoms with E-state index < -0.39 is 28.5 Å². The van der Waals surface area contributed by atoms with E-state index in [1.165, 1.54) is 17.0 Å². The van der Waals surface area contributed by atoms with Crippen molar-refractivity contribution in [2.24, 2.45) is 0 Å². The summed E-state index contributed by atoms with van der Waals surface area (Å²) in [5.41, 5.74) is 1.92. The zero-order valence-electron chi connectivity index (χ0n) is 24.3. The second-order valence-electron chi connectivity index (χ2n) is 10.3. The van der Waals surface area contributed by atoms with Crippen molar-refractivity contribution in [2.75, 3.05) is 10.8 Å². The molecule has 0 saturated carbocycles. The van der Waals surface area contributed by atoms with Crippen molar-refractivity contribution in [3.05, 3.63) is 131 Å². The molecule has 0 spiro atoms. The first-order valence-electron chi connectivity index (χ1n) is 14.2. The van der Waals surface area contributed by atoms with Gasteiger partial charge in [-0.3, -0.25) is 13.9 Å². The molecule has 2 amide bonds. The van der Waals surface area contributed by atoms with Crippen LogP contribution in [0.15, 0.2) is 120 Å². The Morgan fingerprint density at radius 2 is 1.40 bits per heavy atom. The fourth-order valence-corrected chi connectivity index (χ4v) is 6.32. The zero-order valence-corrected chi connectivity index (χ0v) is 25.8. The number of sulfonamides is 1. The van der Waals surface area contributed by atoms with Gasteiger partial charge in [0.25, 0.3) is 10.0 Å². The maximum atomic E-state index is 14.4. The van der Waals surface area contributed by atoms with Crippen LogP contribution in [0.5, 0.6) is 0 Å². The third kappa shape index (κ3) is 8.46. The summed E-state index contributed by atoms with van der Waals surface area (Å²) in [6.45, 7) is 3.42. The van der Waals surface area contributed by atoms with E-state index in [4.69, 9.17) is 11.6 Å². The zero-order chi connectivity index (χ0) is 30.8. The highest BCUT2D eigenvalue weighted by Gasteiger charge is 2.34. The number of nitrogens with zero attached hydrogens (tertiary/aromatic N) is 2. The first-order valence-corrected chi connectivity index (χ1v) is 16.0. The van der Waals surface area contributed by atoms with E-state index in [1.54, 1.807) is 66.7 Å². The van der Waals surface area contributed by atoms with Gasteiger partial charge >= 0.3 is 0 Å². The van der Waals surface area contributed by atoms with E-state index in [2.05, 4.69) is 5.32 Å². The molecule has 0 aliphatic heterocycles. The molecule has 4 rings (SSSR count). The fraction of sp³-hybridized carbons (Fsp3) is 0.235. The van der Waals surface area contributed by atoms with E-state index >= 15 is 0 Å². The monoisotopic (exact) mass is 617 g/mol. The molecule has 0 aliphatic carbocycles. The van der Waals surface area contributed by atoms with Crippen molar-refractivity contribution in [3.63, 3.8) is 0 Å². The minimum atomic E-state index is -4.13. The Balaban J connectivity index is 1.79. The van der Waals surface area contributed by atoms with Crippen LogP contribution in [0.1, 0.15) is 31.4 Å². The maximum absolute atomic E-state index is 14.4. The highest BCUT2D eigenvalue weighted by Crippen LogP contribution is 2.25. The predicted molar refractivity (Wildman–Crippen MR) is 171 cm³/mol. The number of hydrogen-bond donors (Lipinski definition) is 1. The molecule has 0 aliphatic rings. The molecular formula is C34H36ClN3O4S. The summed E-state index contributed by atoms with van der Waals surface area (Å²) in [6, 6.07) is 32.0. The molecule has 0 radical (unpaired) electrons. The van der Waals surface area contributed by atoms with Crippen molar-refractivity contribution in [1.29, 1.82) is 0 Å².